The predicted octanol–water partition coefficient (Wildman–Crippen LogP) is 6.41. The molecular formula is C21H16ClN3O. The van der Waals surface area contributed by atoms with Gasteiger partial charge >= 0.3 is 0 Å². The van der Waals surface area contributed by atoms with Gasteiger partial charge in [-0.15, -0.1) is 0 Å². The summed E-state index contributed by atoms with van der Waals surface area (Å²) >= 11 is 5.92. The van der Waals surface area contributed by atoms with Crippen LogP contribution in [0.3, 0.4) is 0 Å². The molecule has 0 fully saturated rings. The summed E-state index contributed by atoms with van der Waals surface area (Å²) in [5, 5.41) is 11.7. The Bertz CT molecular complexity index is 935. The number of carbonyl (C=O) groups excluding carboxylic acids is 1. The number of anilines is 1. The highest BCUT2D eigenvalue weighted by molar-refractivity contribution is 6.30. The Morgan fingerprint density at radius 2 is 1.54 bits per heavy atom. The fraction of sp³-hybridized carbons (Fsp3) is 0. The first-order chi connectivity index (χ1) is 12.7. The standard InChI is InChI=1S/C21H16ClN3O/c22-17-6-4-5-16(15-17)9-14-21(26)23-18-10-12-20(13-11-18)25-24-19-7-2-1-3-8-19/h1-15H,(H,23,26)/b14-9+,25-24?. The summed E-state index contributed by atoms with van der Waals surface area (Å²) in [6.07, 6.45) is 3.18. The molecule has 0 aliphatic carbocycles. The highest BCUT2D eigenvalue weighted by Gasteiger charge is 1.99. The normalized spacial score (nSPS) is 11.1. The molecule has 3 rings (SSSR count). The van der Waals surface area contributed by atoms with E-state index in [2.05, 4.69) is 15.5 Å². The number of rotatable bonds is 5. The molecule has 128 valence electrons. The highest BCUT2D eigenvalue weighted by Crippen LogP contribution is 2.20. The SMILES string of the molecule is O=C(/C=C/c1cccc(Cl)c1)Nc1ccc(N=Nc2ccccc2)cc1. The molecule has 5 heteroatoms. The van der Waals surface area contributed by atoms with Gasteiger partial charge in [-0.3, -0.25) is 4.79 Å². The molecule has 0 saturated carbocycles. The number of benzene rings is 3. The fourth-order valence-corrected chi connectivity index (χ4v) is 2.39. The van der Waals surface area contributed by atoms with Crippen LogP contribution in [0.1, 0.15) is 5.56 Å². The minimum Gasteiger partial charge on any atom is -0.323 e. The van der Waals surface area contributed by atoms with Crippen molar-refractivity contribution in [2.75, 3.05) is 5.32 Å². The Morgan fingerprint density at radius 3 is 2.23 bits per heavy atom. The topological polar surface area (TPSA) is 53.8 Å². The lowest BCUT2D eigenvalue weighted by atomic mass is 10.2. The van der Waals surface area contributed by atoms with E-state index in [1.54, 1.807) is 42.5 Å². The van der Waals surface area contributed by atoms with Gasteiger partial charge in [0.25, 0.3) is 0 Å². The first-order valence-electron chi connectivity index (χ1n) is 8.00. The third kappa shape index (κ3) is 5.40. The minimum atomic E-state index is -0.219. The van der Waals surface area contributed by atoms with Gasteiger partial charge in [0, 0.05) is 16.8 Å². The summed E-state index contributed by atoms with van der Waals surface area (Å²) in [5.74, 6) is -0.219. The number of hydrogen-bond donors (Lipinski definition) is 1. The average Bonchev–Trinajstić information content (AvgIpc) is 2.67. The maximum absolute atomic E-state index is 12.0. The number of nitrogens with one attached hydrogen (secondary N) is 1. The third-order valence-electron chi connectivity index (χ3n) is 3.45. The molecule has 0 aliphatic heterocycles. The van der Waals surface area contributed by atoms with Gasteiger partial charge in [-0.1, -0.05) is 41.9 Å². The van der Waals surface area contributed by atoms with E-state index in [1.807, 2.05) is 42.5 Å². The molecule has 1 amide bonds. The molecular weight excluding hydrogens is 346 g/mol. The van der Waals surface area contributed by atoms with Gasteiger partial charge in [-0.05, 0) is 60.2 Å². The quantitative estimate of drug-likeness (QED) is 0.414. The summed E-state index contributed by atoms with van der Waals surface area (Å²) in [5.41, 5.74) is 3.05. The van der Waals surface area contributed by atoms with Crippen LogP contribution < -0.4 is 5.32 Å². The van der Waals surface area contributed by atoms with Crippen LogP contribution in [0.25, 0.3) is 6.08 Å². The molecule has 0 spiro atoms. The number of azo groups is 1. The second-order valence-electron chi connectivity index (χ2n) is 5.46. The number of hydrogen-bond acceptors (Lipinski definition) is 3. The summed E-state index contributed by atoms with van der Waals surface area (Å²) in [6.45, 7) is 0. The zero-order valence-corrected chi connectivity index (χ0v) is 14.6. The lowest BCUT2D eigenvalue weighted by Crippen LogP contribution is -2.07. The van der Waals surface area contributed by atoms with E-state index in [9.17, 15) is 4.79 Å². The van der Waals surface area contributed by atoms with E-state index >= 15 is 0 Å². The van der Waals surface area contributed by atoms with E-state index < -0.39 is 0 Å². The van der Waals surface area contributed by atoms with Crippen molar-refractivity contribution in [3.8, 4) is 0 Å². The van der Waals surface area contributed by atoms with Crippen LogP contribution in [-0.2, 0) is 4.79 Å². The second kappa shape index (κ2) is 8.74. The van der Waals surface area contributed by atoms with E-state index in [-0.39, 0.29) is 5.91 Å². The van der Waals surface area contributed by atoms with E-state index in [1.165, 1.54) is 6.08 Å². The van der Waals surface area contributed by atoms with Gasteiger partial charge in [0.15, 0.2) is 0 Å². The van der Waals surface area contributed by atoms with E-state index in [4.69, 9.17) is 11.6 Å². The molecule has 0 heterocycles. The van der Waals surface area contributed by atoms with E-state index in [0.717, 1.165) is 11.3 Å². The van der Waals surface area contributed by atoms with Gasteiger partial charge in [0.2, 0.25) is 5.91 Å². The van der Waals surface area contributed by atoms with Gasteiger partial charge < -0.3 is 5.32 Å². The maximum Gasteiger partial charge on any atom is 0.248 e. The van der Waals surface area contributed by atoms with Crippen molar-refractivity contribution in [2.45, 2.75) is 0 Å². The monoisotopic (exact) mass is 361 g/mol. The number of nitrogens with zero attached hydrogens (tertiary/aromatic N) is 2. The second-order valence-corrected chi connectivity index (χ2v) is 5.90. The molecule has 0 unspecified atom stereocenters. The Morgan fingerprint density at radius 1 is 0.846 bits per heavy atom. The molecule has 0 bridgehead atoms. The van der Waals surface area contributed by atoms with Crippen molar-refractivity contribution in [2.24, 2.45) is 10.2 Å². The molecule has 26 heavy (non-hydrogen) atoms. The lowest BCUT2D eigenvalue weighted by Gasteiger charge is -2.02. The fourth-order valence-electron chi connectivity index (χ4n) is 2.19. The molecule has 0 atom stereocenters. The summed E-state index contributed by atoms with van der Waals surface area (Å²) in [4.78, 5) is 12.0. The smallest absolute Gasteiger partial charge is 0.248 e. The Balaban J connectivity index is 1.58. The van der Waals surface area contributed by atoms with Crippen molar-refractivity contribution >= 4 is 40.6 Å². The third-order valence-corrected chi connectivity index (χ3v) is 3.68. The van der Waals surface area contributed by atoms with Crippen molar-refractivity contribution in [3.05, 3.63) is 95.5 Å². The molecule has 3 aromatic rings. The van der Waals surface area contributed by atoms with Crippen LogP contribution >= 0.6 is 11.6 Å². The largest absolute Gasteiger partial charge is 0.323 e. The van der Waals surface area contributed by atoms with Crippen LogP contribution in [0.15, 0.2) is 95.2 Å². The van der Waals surface area contributed by atoms with Crippen molar-refractivity contribution in [1.82, 2.24) is 0 Å². The first kappa shape index (κ1) is 17.6. The van der Waals surface area contributed by atoms with Gasteiger partial charge in [-0.2, -0.15) is 10.2 Å². The van der Waals surface area contributed by atoms with Crippen molar-refractivity contribution < 1.29 is 4.79 Å². The molecule has 4 nitrogen and oxygen atoms in total. The summed E-state index contributed by atoms with van der Waals surface area (Å²) in [7, 11) is 0. The Kier molecular flexibility index (Phi) is 5.91. The van der Waals surface area contributed by atoms with Crippen LogP contribution in [-0.4, -0.2) is 5.91 Å². The van der Waals surface area contributed by atoms with Gasteiger partial charge in [-0.25, -0.2) is 0 Å². The summed E-state index contributed by atoms with van der Waals surface area (Å²) < 4.78 is 0. The Labute approximate surface area is 156 Å². The molecule has 0 aromatic heterocycles. The van der Waals surface area contributed by atoms with Crippen LogP contribution in [0.4, 0.5) is 17.1 Å². The first-order valence-corrected chi connectivity index (χ1v) is 8.38. The van der Waals surface area contributed by atoms with Crippen LogP contribution in [0.2, 0.25) is 5.02 Å². The highest BCUT2D eigenvalue weighted by atomic mass is 35.5. The molecule has 0 aliphatic rings. The zero-order valence-electron chi connectivity index (χ0n) is 13.8. The average molecular weight is 362 g/mol. The number of carbonyl (C=O) groups is 1. The van der Waals surface area contributed by atoms with Crippen LogP contribution in [0, 0.1) is 0 Å². The minimum absolute atomic E-state index is 0.219. The number of amides is 1. The van der Waals surface area contributed by atoms with Crippen molar-refractivity contribution in [1.29, 1.82) is 0 Å². The van der Waals surface area contributed by atoms with Gasteiger partial charge in [0.05, 0.1) is 11.4 Å². The lowest BCUT2D eigenvalue weighted by molar-refractivity contribution is -0.111. The van der Waals surface area contributed by atoms with E-state index in [0.29, 0.717) is 16.4 Å². The summed E-state index contributed by atoms with van der Waals surface area (Å²) in [6, 6.07) is 23.9. The maximum atomic E-state index is 12.0. The molecule has 0 radical (unpaired) electrons. The van der Waals surface area contributed by atoms with Crippen LogP contribution in [0.5, 0.6) is 0 Å². The Hall–Kier alpha value is -3.24. The molecule has 0 saturated heterocycles. The molecule has 3 aromatic carbocycles. The predicted molar refractivity (Wildman–Crippen MR) is 106 cm³/mol. The van der Waals surface area contributed by atoms with Gasteiger partial charge in [0.1, 0.15) is 0 Å². The number of halogens is 1. The molecule has 1 N–H and O–H groups in total. The zero-order chi connectivity index (χ0) is 18.2. The van der Waals surface area contributed by atoms with Crippen molar-refractivity contribution in [3.63, 3.8) is 0 Å².